The van der Waals surface area contributed by atoms with Gasteiger partial charge in [-0.15, -0.1) is 11.3 Å². The molecule has 0 radical (unpaired) electrons. The molecule has 1 aromatic heterocycles. The average molecular weight is 366 g/mol. The fourth-order valence-corrected chi connectivity index (χ4v) is 3.16. The van der Waals surface area contributed by atoms with Gasteiger partial charge in [0.15, 0.2) is 5.13 Å². The maximum atomic E-state index is 12.3. The number of carbonyl (C=O) groups excluding carboxylic acids is 2. The lowest BCUT2D eigenvalue weighted by molar-refractivity contribution is -0.126. The van der Waals surface area contributed by atoms with Crippen molar-refractivity contribution in [3.8, 4) is 0 Å². The molecule has 2 aromatic rings. The van der Waals surface area contributed by atoms with E-state index in [1.54, 1.807) is 6.20 Å². The highest BCUT2D eigenvalue weighted by molar-refractivity contribution is 7.15. The molecule has 7 heteroatoms. The van der Waals surface area contributed by atoms with Crippen molar-refractivity contribution in [2.24, 2.45) is 5.92 Å². The van der Waals surface area contributed by atoms with Gasteiger partial charge in [-0.25, -0.2) is 4.98 Å². The lowest BCUT2D eigenvalue weighted by atomic mass is 10.0. The normalized spacial score (nSPS) is 12.0. The SMILES string of the molecule is CC(=O)N[C@H](C(=O)Nc1ncc(Cc2ccc(Cl)cc2)s1)C(C)C. The van der Waals surface area contributed by atoms with Crippen LogP contribution < -0.4 is 10.6 Å². The molecule has 2 N–H and O–H groups in total. The molecule has 2 amide bonds. The molecular weight excluding hydrogens is 346 g/mol. The van der Waals surface area contributed by atoms with Crippen LogP contribution in [-0.4, -0.2) is 22.8 Å². The van der Waals surface area contributed by atoms with Crippen molar-refractivity contribution in [2.75, 3.05) is 5.32 Å². The average Bonchev–Trinajstić information content (AvgIpc) is 2.93. The number of rotatable bonds is 6. The van der Waals surface area contributed by atoms with E-state index >= 15 is 0 Å². The summed E-state index contributed by atoms with van der Waals surface area (Å²) in [6.07, 6.45) is 2.47. The molecule has 1 heterocycles. The molecule has 0 spiro atoms. The number of amides is 2. The van der Waals surface area contributed by atoms with Crippen molar-refractivity contribution >= 4 is 39.9 Å². The Morgan fingerprint density at radius 2 is 1.92 bits per heavy atom. The molecule has 1 atom stereocenters. The molecule has 128 valence electrons. The van der Waals surface area contributed by atoms with Crippen LogP contribution in [0.3, 0.4) is 0 Å². The van der Waals surface area contributed by atoms with E-state index in [1.165, 1.54) is 18.3 Å². The van der Waals surface area contributed by atoms with Gasteiger partial charge in [0, 0.05) is 29.4 Å². The second-order valence-corrected chi connectivity index (χ2v) is 7.40. The smallest absolute Gasteiger partial charge is 0.248 e. The van der Waals surface area contributed by atoms with Gasteiger partial charge >= 0.3 is 0 Å². The summed E-state index contributed by atoms with van der Waals surface area (Å²) in [5.41, 5.74) is 1.12. The number of thiazole rings is 1. The first-order valence-corrected chi connectivity index (χ1v) is 8.81. The van der Waals surface area contributed by atoms with Crippen LogP contribution in [-0.2, 0) is 16.0 Å². The zero-order valence-electron chi connectivity index (χ0n) is 13.8. The Labute approximate surface area is 150 Å². The molecule has 0 bridgehead atoms. The van der Waals surface area contributed by atoms with E-state index in [2.05, 4.69) is 15.6 Å². The fourth-order valence-electron chi connectivity index (χ4n) is 2.19. The molecule has 0 fully saturated rings. The molecule has 0 unspecified atom stereocenters. The first-order valence-electron chi connectivity index (χ1n) is 7.62. The van der Waals surface area contributed by atoms with Crippen molar-refractivity contribution in [2.45, 2.75) is 33.2 Å². The second-order valence-electron chi connectivity index (χ2n) is 5.85. The first-order chi connectivity index (χ1) is 11.3. The van der Waals surface area contributed by atoms with Crippen LogP contribution in [0, 0.1) is 5.92 Å². The zero-order valence-corrected chi connectivity index (χ0v) is 15.4. The highest BCUT2D eigenvalue weighted by Crippen LogP contribution is 2.22. The summed E-state index contributed by atoms with van der Waals surface area (Å²) in [5, 5.41) is 6.67. The summed E-state index contributed by atoms with van der Waals surface area (Å²) in [6, 6.07) is 7.05. The van der Waals surface area contributed by atoms with E-state index in [4.69, 9.17) is 11.6 Å². The van der Waals surface area contributed by atoms with E-state index in [0.717, 1.165) is 16.9 Å². The third-order valence-corrected chi connectivity index (χ3v) is 4.55. The minimum atomic E-state index is -0.578. The molecule has 0 saturated heterocycles. The minimum absolute atomic E-state index is 0.0117. The predicted octanol–water partition coefficient (Wildman–Crippen LogP) is 3.49. The number of anilines is 1. The summed E-state index contributed by atoms with van der Waals surface area (Å²) in [6.45, 7) is 5.16. The van der Waals surface area contributed by atoms with E-state index < -0.39 is 6.04 Å². The van der Waals surface area contributed by atoms with Crippen molar-refractivity contribution in [3.63, 3.8) is 0 Å². The maximum absolute atomic E-state index is 12.3. The van der Waals surface area contributed by atoms with Gasteiger partial charge in [-0.2, -0.15) is 0 Å². The molecule has 0 saturated carbocycles. The Balaban J connectivity index is 2.00. The van der Waals surface area contributed by atoms with Gasteiger partial charge in [0.25, 0.3) is 0 Å². The Morgan fingerprint density at radius 3 is 2.50 bits per heavy atom. The number of benzene rings is 1. The standard InChI is InChI=1S/C17H20ClN3O2S/c1-10(2)15(20-11(3)22)16(23)21-17-19-9-14(24-17)8-12-4-6-13(18)7-5-12/h4-7,9-10,15H,8H2,1-3H3,(H,20,22)(H,19,21,23)/t15-/m0/s1. The summed E-state index contributed by atoms with van der Waals surface area (Å²) in [5.74, 6) is -0.499. The van der Waals surface area contributed by atoms with Crippen LogP contribution in [0.15, 0.2) is 30.5 Å². The molecule has 2 rings (SSSR count). The lowest BCUT2D eigenvalue weighted by Crippen LogP contribution is -2.46. The number of nitrogens with zero attached hydrogens (tertiary/aromatic N) is 1. The van der Waals surface area contributed by atoms with Crippen LogP contribution in [0.5, 0.6) is 0 Å². The van der Waals surface area contributed by atoms with E-state index in [-0.39, 0.29) is 17.7 Å². The Morgan fingerprint density at radius 1 is 1.25 bits per heavy atom. The molecule has 24 heavy (non-hydrogen) atoms. The summed E-state index contributed by atoms with van der Waals surface area (Å²) in [7, 11) is 0. The van der Waals surface area contributed by atoms with Gasteiger partial charge in [0.1, 0.15) is 6.04 Å². The number of carbonyl (C=O) groups is 2. The summed E-state index contributed by atoms with van der Waals surface area (Å²) in [4.78, 5) is 28.8. The van der Waals surface area contributed by atoms with Gasteiger partial charge in [-0.1, -0.05) is 37.6 Å². The summed E-state index contributed by atoms with van der Waals surface area (Å²) >= 11 is 7.30. The van der Waals surface area contributed by atoms with Crippen molar-refractivity contribution < 1.29 is 9.59 Å². The van der Waals surface area contributed by atoms with Gasteiger partial charge in [0.2, 0.25) is 11.8 Å². The number of hydrogen-bond donors (Lipinski definition) is 2. The van der Waals surface area contributed by atoms with E-state index in [0.29, 0.717) is 10.2 Å². The number of nitrogens with one attached hydrogen (secondary N) is 2. The van der Waals surface area contributed by atoms with E-state index in [1.807, 2.05) is 38.1 Å². The summed E-state index contributed by atoms with van der Waals surface area (Å²) < 4.78 is 0. The van der Waals surface area contributed by atoms with Crippen LogP contribution in [0.4, 0.5) is 5.13 Å². The molecule has 0 aliphatic rings. The monoisotopic (exact) mass is 365 g/mol. The quantitative estimate of drug-likeness (QED) is 0.823. The van der Waals surface area contributed by atoms with Gasteiger partial charge in [0.05, 0.1) is 0 Å². The van der Waals surface area contributed by atoms with Crippen LogP contribution >= 0.6 is 22.9 Å². The van der Waals surface area contributed by atoms with Crippen LogP contribution in [0.25, 0.3) is 0 Å². The Kier molecular flexibility index (Phi) is 6.34. The predicted molar refractivity (Wildman–Crippen MR) is 97.4 cm³/mol. The Hall–Kier alpha value is -1.92. The lowest BCUT2D eigenvalue weighted by Gasteiger charge is -2.20. The largest absolute Gasteiger partial charge is 0.344 e. The maximum Gasteiger partial charge on any atom is 0.248 e. The third kappa shape index (κ3) is 5.32. The number of hydrogen-bond acceptors (Lipinski definition) is 4. The molecule has 5 nitrogen and oxygen atoms in total. The topological polar surface area (TPSA) is 71.1 Å². The van der Waals surface area contributed by atoms with Crippen molar-refractivity contribution in [3.05, 3.63) is 45.9 Å². The van der Waals surface area contributed by atoms with Gasteiger partial charge in [-0.05, 0) is 23.6 Å². The zero-order chi connectivity index (χ0) is 17.7. The van der Waals surface area contributed by atoms with Crippen LogP contribution in [0.2, 0.25) is 5.02 Å². The van der Waals surface area contributed by atoms with Crippen molar-refractivity contribution in [1.29, 1.82) is 0 Å². The number of halogens is 1. The van der Waals surface area contributed by atoms with Crippen LogP contribution in [0.1, 0.15) is 31.2 Å². The first kappa shape index (κ1) is 18.4. The van der Waals surface area contributed by atoms with Crippen molar-refractivity contribution in [1.82, 2.24) is 10.3 Å². The second kappa shape index (κ2) is 8.26. The highest BCUT2D eigenvalue weighted by Gasteiger charge is 2.23. The van der Waals surface area contributed by atoms with Gasteiger partial charge in [-0.3, -0.25) is 9.59 Å². The molecule has 0 aliphatic heterocycles. The number of aromatic nitrogens is 1. The van der Waals surface area contributed by atoms with E-state index in [9.17, 15) is 9.59 Å². The molecule has 0 aliphatic carbocycles. The molecule has 1 aromatic carbocycles. The fraction of sp³-hybridized carbons (Fsp3) is 0.353. The highest BCUT2D eigenvalue weighted by atomic mass is 35.5. The minimum Gasteiger partial charge on any atom is -0.344 e. The molecular formula is C17H20ClN3O2S. The third-order valence-electron chi connectivity index (χ3n) is 3.38. The van der Waals surface area contributed by atoms with Gasteiger partial charge < -0.3 is 10.6 Å². The Bertz CT molecular complexity index is 713.